The van der Waals surface area contributed by atoms with E-state index in [1.54, 1.807) is 7.11 Å². The molecule has 0 radical (unpaired) electrons. The first-order chi connectivity index (χ1) is 8.53. The number of methoxy groups -OCH3 is 1. The van der Waals surface area contributed by atoms with Crippen molar-refractivity contribution < 1.29 is 4.74 Å². The summed E-state index contributed by atoms with van der Waals surface area (Å²) in [5, 5.41) is 3.73. The number of piperazine rings is 1. The van der Waals surface area contributed by atoms with Crippen LogP contribution in [0, 0.1) is 5.92 Å². The predicted octanol–water partition coefficient (Wildman–Crippen LogP) is 2.51. The minimum Gasteiger partial charge on any atom is -0.385 e. The highest BCUT2D eigenvalue weighted by molar-refractivity contribution is 4.95. The molecule has 108 valence electrons. The highest BCUT2D eigenvalue weighted by Crippen LogP contribution is 2.25. The van der Waals surface area contributed by atoms with E-state index in [1.807, 2.05) is 0 Å². The van der Waals surface area contributed by atoms with Crippen LogP contribution in [-0.2, 0) is 4.74 Å². The summed E-state index contributed by atoms with van der Waals surface area (Å²) in [5.41, 5.74) is 0.332. The third kappa shape index (κ3) is 4.22. The lowest BCUT2D eigenvalue weighted by Gasteiger charge is -2.49. The van der Waals surface area contributed by atoms with Crippen LogP contribution in [0.25, 0.3) is 0 Å². The van der Waals surface area contributed by atoms with Crippen molar-refractivity contribution in [3.63, 3.8) is 0 Å². The molecule has 1 aliphatic rings. The van der Waals surface area contributed by atoms with Crippen LogP contribution in [0.3, 0.4) is 0 Å². The molecule has 0 saturated carbocycles. The fraction of sp³-hybridized carbons (Fsp3) is 1.00. The summed E-state index contributed by atoms with van der Waals surface area (Å²) in [5.74, 6) is 0.716. The first kappa shape index (κ1) is 15.9. The van der Waals surface area contributed by atoms with Crippen LogP contribution < -0.4 is 5.32 Å². The van der Waals surface area contributed by atoms with Crippen molar-refractivity contribution in [1.29, 1.82) is 0 Å². The minimum absolute atomic E-state index is 0.332. The molecule has 1 fully saturated rings. The zero-order chi connectivity index (χ0) is 13.6. The van der Waals surface area contributed by atoms with Gasteiger partial charge in [-0.1, -0.05) is 20.8 Å². The second kappa shape index (κ2) is 7.46. The maximum Gasteiger partial charge on any atom is 0.0462 e. The number of nitrogens with zero attached hydrogens (tertiary/aromatic N) is 1. The lowest BCUT2D eigenvalue weighted by Crippen LogP contribution is -2.64. The fourth-order valence-corrected chi connectivity index (χ4v) is 2.69. The normalized spacial score (nSPS) is 30.0. The van der Waals surface area contributed by atoms with E-state index in [4.69, 9.17) is 4.74 Å². The number of unbranched alkanes of at least 4 members (excludes halogenated alkanes) is 1. The topological polar surface area (TPSA) is 24.5 Å². The molecule has 0 aromatic heterocycles. The molecule has 1 saturated heterocycles. The van der Waals surface area contributed by atoms with Gasteiger partial charge in [-0.2, -0.15) is 0 Å². The van der Waals surface area contributed by atoms with Gasteiger partial charge in [0.25, 0.3) is 0 Å². The molecule has 0 bridgehead atoms. The van der Waals surface area contributed by atoms with Crippen LogP contribution in [-0.4, -0.2) is 49.8 Å². The highest BCUT2D eigenvalue weighted by Gasteiger charge is 2.36. The van der Waals surface area contributed by atoms with Gasteiger partial charge in [0.05, 0.1) is 0 Å². The molecule has 2 atom stereocenters. The molecule has 1 aliphatic heterocycles. The van der Waals surface area contributed by atoms with E-state index >= 15 is 0 Å². The lowest BCUT2D eigenvalue weighted by atomic mass is 9.89. The quantitative estimate of drug-likeness (QED) is 0.708. The summed E-state index contributed by atoms with van der Waals surface area (Å²) in [7, 11) is 1.79. The van der Waals surface area contributed by atoms with Crippen LogP contribution >= 0.6 is 0 Å². The Balaban J connectivity index is 2.50. The van der Waals surface area contributed by atoms with Crippen LogP contribution in [0.15, 0.2) is 0 Å². The summed E-state index contributed by atoms with van der Waals surface area (Å²) in [4.78, 5) is 2.70. The van der Waals surface area contributed by atoms with Crippen LogP contribution in [0.4, 0.5) is 0 Å². The van der Waals surface area contributed by atoms with Gasteiger partial charge in [-0.15, -0.1) is 0 Å². The van der Waals surface area contributed by atoms with E-state index in [0.717, 1.165) is 13.2 Å². The average Bonchev–Trinajstić information content (AvgIpc) is 2.36. The molecular weight excluding hydrogens is 224 g/mol. The molecule has 2 unspecified atom stereocenters. The average molecular weight is 256 g/mol. The molecule has 1 N–H and O–H groups in total. The Morgan fingerprint density at radius 1 is 1.39 bits per heavy atom. The summed E-state index contributed by atoms with van der Waals surface area (Å²) in [6.07, 6.45) is 3.63. The van der Waals surface area contributed by atoms with Crippen molar-refractivity contribution in [1.82, 2.24) is 10.2 Å². The molecular formula is C15H32N2O. The summed E-state index contributed by atoms with van der Waals surface area (Å²) < 4.78 is 5.14. The molecule has 3 nitrogen and oxygen atoms in total. The number of hydrogen-bond acceptors (Lipinski definition) is 3. The summed E-state index contributed by atoms with van der Waals surface area (Å²) in [6, 6.07) is 0.645. The molecule has 3 heteroatoms. The van der Waals surface area contributed by atoms with E-state index in [2.05, 4.69) is 37.9 Å². The Labute approximate surface area is 113 Å². The van der Waals surface area contributed by atoms with Crippen LogP contribution in [0.5, 0.6) is 0 Å². The Morgan fingerprint density at radius 2 is 2.11 bits per heavy atom. The second-order valence-corrected chi connectivity index (χ2v) is 6.23. The summed E-state index contributed by atoms with van der Waals surface area (Å²) in [6.45, 7) is 13.7. The first-order valence-electron chi connectivity index (χ1n) is 7.51. The number of hydrogen-bond donors (Lipinski definition) is 1. The lowest BCUT2D eigenvalue weighted by molar-refractivity contribution is 0.0356. The van der Waals surface area contributed by atoms with Gasteiger partial charge in [-0.05, 0) is 38.6 Å². The Morgan fingerprint density at radius 3 is 2.67 bits per heavy atom. The smallest absolute Gasteiger partial charge is 0.0462 e. The first-order valence-corrected chi connectivity index (χ1v) is 7.51. The van der Waals surface area contributed by atoms with E-state index in [0.29, 0.717) is 17.5 Å². The van der Waals surface area contributed by atoms with Crippen LogP contribution in [0.2, 0.25) is 0 Å². The molecule has 0 spiro atoms. The number of ether oxygens (including phenoxy) is 1. The van der Waals surface area contributed by atoms with Crippen molar-refractivity contribution in [2.24, 2.45) is 5.92 Å². The molecule has 1 rings (SSSR count). The largest absolute Gasteiger partial charge is 0.385 e. The van der Waals surface area contributed by atoms with Crippen LogP contribution in [0.1, 0.15) is 47.0 Å². The molecule has 1 heterocycles. The van der Waals surface area contributed by atoms with E-state index in [-0.39, 0.29) is 0 Å². The third-order valence-electron chi connectivity index (χ3n) is 4.52. The monoisotopic (exact) mass is 256 g/mol. The standard InChI is InChI=1S/C15H32N2O/c1-6-15(4)12-16-14(13(2)3)11-17(15)9-7-8-10-18-5/h13-14,16H,6-12H2,1-5H3. The van der Waals surface area contributed by atoms with Gasteiger partial charge in [-0.25, -0.2) is 0 Å². The minimum atomic E-state index is 0.332. The van der Waals surface area contributed by atoms with E-state index in [1.165, 1.54) is 32.4 Å². The van der Waals surface area contributed by atoms with Gasteiger partial charge >= 0.3 is 0 Å². The van der Waals surface area contributed by atoms with Crippen molar-refractivity contribution in [2.45, 2.75) is 58.5 Å². The fourth-order valence-electron chi connectivity index (χ4n) is 2.69. The zero-order valence-corrected chi connectivity index (χ0v) is 13.0. The highest BCUT2D eigenvalue weighted by atomic mass is 16.5. The SMILES string of the molecule is CCC1(C)CNC(C(C)C)CN1CCCCOC. The van der Waals surface area contributed by atoms with E-state index in [9.17, 15) is 0 Å². The summed E-state index contributed by atoms with van der Waals surface area (Å²) >= 11 is 0. The molecule has 0 aromatic carbocycles. The molecule has 18 heavy (non-hydrogen) atoms. The second-order valence-electron chi connectivity index (χ2n) is 6.23. The molecule has 0 amide bonds. The van der Waals surface area contributed by atoms with Crippen molar-refractivity contribution in [2.75, 3.05) is 33.4 Å². The Hall–Kier alpha value is -0.120. The number of nitrogens with one attached hydrogen (secondary N) is 1. The maximum atomic E-state index is 5.14. The third-order valence-corrected chi connectivity index (χ3v) is 4.52. The molecule has 0 aliphatic carbocycles. The van der Waals surface area contributed by atoms with Gasteiger partial charge in [0.15, 0.2) is 0 Å². The van der Waals surface area contributed by atoms with Crippen molar-refractivity contribution in [3.05, 3.63) is 0 Å². The van der Waals surface area contributed by atoms with Gasteiger partial charge in [0, 0.05) is 38.4 Å². The van der Waals surface area contributed by atoms with Gasteiger partial charge in [-0.3, -0.25) is 4.90 Å². The predicted molar refractivity (Wildman–Crippen MR) is 78.0 cm³/mol. The van der Waals surface area contributed by atoms with Crippen molar-refractivity contribution >= 4 is 0 Å². The molecule has 0 aromatic rings. The Bertz CT molecular complexity index is 233. The van der Waals surface area contributed by atoms with Gasteiger partial charge in [0.1, 0.15) is 0 Å². The zero-order valence-electron chi connectivity index (χ0n) is 13.0. The van der Waals surface area contributed by atoms with Gasteiger partial charge in [0.2, 0.25) is 0 Å². The van der Waals surface area contributed by atoms with Gasteiger partial charge < -0.3 is 10.1 Å². The number of rotatable bonds is 7. The Kier molecular flexibility index (Phi) is 6.61. The van der Waals surface area contributed by atoms with E-state index < -0.39 is 0 Å². The van der Waals surface area contributed by atoms with Crippen molar-refractivity contribution in [3.8, 4) is 0 Å². The maximum absolute atomic E-state index is 5.14.